The molecule has 1 aromatic heterocycles. The van der Waals surface area contributed by atoms with Crippen LogP contribution in [0.25, 0.3) is 0 Å². The molecule has 0 aliphatic rings. The molecule has 1 heterocycles. The number of aromatic nitrogens is 1. The van der Waals surface area contributed by atoms with Crippen molar-refractivity contribution in [1.29, 1.82) is 0 Å². The third kappa shape index (κ3) is 3.34. The van der Waals surface area contributed by atoms with Crippen LogP contribution in [0.2, 0.25) is 0 Å². The molecule has 0 aliphatic heterocycles. The molecule has 0 saturated carbocycles. The van der Waals surface area contributed by atoms with Crippen LogP contribution in [0.5, 0.6) is 0 Å². The van der Waals surface area contributed by atoms with Crippen LogP contribution in [-0.4, -0.2) is 19.3 Å². The fraction of sp³-hybridized carbons (Fsp3) is 0.0769. The number of nitrogens with zero attached hydrogens (tertiary/aromatic N) is 1. The van der Waals surface area contributed by atoms with Crippen LogP contribution in [-0.2, 0) is 9.05 Å². The summed E-state index contributed by atoms with van der Waals surface area (Å²) in [5.41, 5.74) is 1.55. The van der Waals surface area contributed by atoms with Crippen molar-refractivity contribution in [3.63, 3.8) is 0 Å². The number of hydrogen-bond acceptors (Lipinski definition) is 4. The lowest BCUT2D eigenvalue weighted by atomic mass is 10.2. The number of anilines is 1. The van der Waals surface area contributed by atoms with Crippen molar-refractivity contribution in [2.45, 2.75) is 11.8 Å². The minimum absolute atomic E-state index is 0.0188. The van der Waals surface area contributed by atoms with E-state index in [9.17, 15) is 13.2 Å². The first-order chi connectivity index (χ1) is 9.38. The van der Waals surface area contributed by atoms with Crippen LogP contribution >= 0.6 is 10.7 Å². The standard InChI is InChI=1S/C13H11ClN2O3S/c1-9-12(3-2-8-15-9)13(17)16-10-4-6-11(7-5-10)20(14,18)19/h2-8H,1H3,(H,16,17). The predicted molar refractivity (Wildman–Crippen MR) is 76.4 cm³/mol. The summed E-state index contributed by atoms with van der Waals surface area (Å²) in [6.45, 7) is 1.73. The van der Waals surface area contributed by atoms with Gasteiger partial charge in [-0.25, -0.2) is 8.42 Å². The summed E-state index contributed by atoms with van der Waals surface area (Å²) in [4.78, 5) is 16.0. The van der Waals surface area contributed by atoms with Gasteiger partial charge in [-0.3, -0.25) is 9.78 Å². The van der Waals surface area contributed by atoms with Crippen LogP contribution < -0.4 is 5.32 Å². The number of benzene rings is 1. The van der Waals surface area contributed by atoms with E-state index in [1.165, 1.54) is 24.3 Å². The van der Waals surface area contributed by atoms with Gasteiger partial charge < -0.3 is 5.32 Å². The lowest BCUT2D eigenvalue weighted by Gasteiger charge is -2.07. The van der Waals surface area contributed by atoms with E-state index >= 15 is 0 Å². The van der Waals surface area contributed by atoms with Crippen molar-refractivity contribution in [2.24, 2.45) is 0 Å². The second-order valence-corrected chi connectivity index (χ2v) is 6.62. The van der Waals surface area contributed by atoms with Crippen LogP contribution in [0.15, 0.2) is 47.5 Å². The highest BCUT2D eigenvalue weighted by molar-refractivity contribution is 8.13. The Morgan fingerprint density at radius 1 is 1.20 bits per heavy atom. The first kappa shape index (κ1) is 14.5. The molecular weight excluding hydrogens is 300 g/mol. The Labute approximate surface area is 121 Å². The van der Waals surface area contributed by atoms with E-state index in [0.717, 1.165) is 0 Å². The summed E-state index contributed by atoms with van der Waals surface area (Å²) in [7, 11) is 1.45. The van der Waals surface area contributed by atoms with Gasteiger partial charge in [0.1, 0.15) is 0 Å². The molecule has 0 radical (unpaired) electrons. The highest BCUT2D eigenvalue weighted by Gasteiger charge is 2.12. The highest BCUT2D eigenvalue weighted by atomic mass is 35.7. The van der Waals surface area contributed by atoms with Crippen LogP contribution in [0.3, 0.4) is 0 Å². The van der Waals surface area contributed by atoms with Gasteiger partial charge in [0.2, 0.25) is 0 Å². The smallest absolute Gasteiger partial charge is 0.261 e. The Bertz CT molecular complexity index is 742. The number of pyridine rings is 1. The SMILES string of the molecule is Cc1ncccc1C(=O)Nc1ccc(S(=O)(=O)Cl)cc1. The summed E-state index contributed by atoms with van der Waals surface area (Å²) in [6.07, 6.45) is 1.60. The molecule has 2 rings (SSSR count). The number of hydrogen-bond donors (Lipinski definition) is 1. The van der Waals surface area contributed by atoms with Crippen molar-refractivity contribution in [2.75, 3.05) is 5.32 Å². The molecule has 1 amide bonds. The minimum atomic E-state index is -3.76. The third-order valence-corrected chi connectivity index (χ3v) is 4.02. The first-order valence-electron chi connectivity index (χ1n) is 5.65. The van der Waals surface area contributed by atoms with Gasteiger partial charge in [0.25, 0.3) is 15.0 Å². The molecule has 0 aliphatic carbocycles. The molecule has 0 saturated heterocycles. The maximum absolute atomic E-state index is 12.0. The van der Waals surface area contributed by atoms with E-state index in [0.29, 0.717) is 16.9 Å². The quantitative estimate of drug-likeness (QED) is 0.884. The monoisotopic (exact) mass is 310 g/mol. The third-order valence-electron chi connectivity index (χ3n) is 2.65. The van der Waals surface area contributed by atoms with Gasteiger partial charge in [-0.05, 0) is 43.3 Å². The molecule has 1 N–H and O–H groups in total. The number of carbonyl (C=O) groups is 1. The van der Waals surface area contributed by atoms with Crippen molar-refractivity contribution in [1.82, 2.24) is 4.98 Å². The zero-order valence-corrected chi connectivity index (χ0v) is 12.1. The number of rotatable bonds is 3. The van der Waals surface area contributed by atoms with Gasteiger partial charge in [0, 0.05) is 28.3 Å². The maximum Gasteiger partial charge on any atom is 0.261 e. The van der Waals surface area contributed by atoms with E-state index in [2.05, 4.69) is 10.3 Å². The number of nitrogens with one attached hydrogen (secondary N) is 1. The average Bonchev–Trinajstić information content (AvgIpc) is 2.38. The Hall–Kier alpha value is -1.92. The van der Waals surface area contributed by atoms with Crippen molar-refractivity contribution < 1.29 is 13.2 Å². The molecule has 0 bridgehead atoms. The van der Waals surface area contributed by atoms with Crippen LogP contribution in [0, 0.1) is 6.92 Å². The van der Waals surface area contributed by atoms with Crippen molar-refractivity contribution in [3.05, 3.63) is 53.9 Å². The number of aryl methyl sites for hydroxylation is 1. The molecule has 0 atom stereocenters. The molecule has 1 aromatic carbocycles. The zero-order chi connectivity index (χ0) is 14.8. The van der Waals surface area contributed by atoms with Gasteiger partial charge in [-0.2, -0.15) is 0 Å². The molecule has 20 heavy (non-hydrogen) atoms. The van der Waals surface area contributed by atoms with Crippen molar-refractivity contribution >= 4 is 31.3 Å². The number of carbonyl (C=O) groups excluding carboxylic acids is 1. The fourth-order valence-electron chi connectivity index (χ4n) is 1.62. The van der Waals surface area contributed by atoms with Crippen LogP contribution in [0.1, 0.15) is 16.1 Å². The van der Waals surface area contributed by atoms with E-state index in [4.69, 9.17) is 10.7 Å². The van der Waals surface area contributed by atoms with E-state index < -0.39 is 9.05 Å². The Morgan fingerprint density at radius 3 is 2.40 bits per heavy atom. The van der Waals surface area contributed by atoms with E-state index in [-0.39, 0.29) is 10.8 Å². The Kier molecular flexibility index (Phi) is 4.06. The largest absolute Gasteiger partial charge is 0.322 e. The second-order valence-electron chi connectivity index (χ2n) is 4.05. The summed E-state index contributed by atoms with van der Waals surface area (Å²) in [6, 6.07) is 8.93. The number of amides is 1. The molecule has 0 fully saturated rings. The first-order valence-corrected chi connectivity index (χ1v) is 7.96. The number of halogens is 1. The van der Waals surface area contributed by atoms with Gasteiger partial charge in [-0.15, -0.1) is 0 Å². The van der Waals surface area contributed by atoms with Gasteiger partial charge in [0.05, 0.1) is 10.5 Å². The summed E-state index contributed by atoms with van der Waals surface area (Å²) in [5.74, 6) is -0.308. The molecule has 104 valence electrons. The normalized spacial score (nSPS) is 11.1. The fourth-order valence-corrected chi connectivity index (χ4v) is 2.39. The summed E-state index contributed by atoms with van der Waals surface area (Å²) in [5, 5.41) is 2.66. The highest BCUT2D eigenvalue weighted by Crippen LogP contribution is 2.18. The average molecular weight is 311 g/mol. The van der Waals surface area contributed by atoms with Gasteiger partial charge in [0.15, 0.2) is 0 Å². The Balaban J connectivity index is 2.19. The molecule has 2 aromatic rings. The minimum Gasteiger partial charge on any atom is -0.322 e. The van der Waals surface area contributed by atoms with Gasteiger partial charge >= 0.3 is 0 Å². The van der Waals surface area contributed by atoms with Gasteiger partial charge in [-0.1, -0.05) is 0 Å². The van der Waals surface area contributed by atoms with E-state index in [1.807, 2.05) is 0 Å². The predicted octanol–water partition coefficient (Wildman–Crippen LogP) is 2.57. The summed E-state index contributed by atoms with van der Waals surface area (Å²) < 4.78 is 22.2. The summed E-state index contributed by atoms with van der Waals surface area (Å²) >= 11 is 0. The Morgan fingerprint density at radius 2 is 1.85 bits per heavy atom. The van der Waals surface area contributed by atoms with E-state index in [1.54, 1.807) is 25.3 Å². The molecule has 0 unspecified atom stereocenters. The van der Waals surface area contributed by atoms with Crippen LogP contribution in [0.4, 0.5) is 5.69 Å². The molecular formula is C13H11ClN2O3S. The topological polar surface area (TPSA) is 76.1 Å². The zero-order valence-electron chi connectivity index (χ0n) is 10.5. The lowest BCUT2D eigenvalue weighted by molar-refractivity contribution is 0.102. The molecule has 7 heteroatoms. The maximum atomic E-state index is 12.0. The van der Waals surface area contributed by atoms with Crippen molar-refractivity contribution in [3.8, 4) is 0 Å². The second kappa shape index (κ2) is 5.60. The molecule has 5 nitrogen and oxygen atoms in total. The molecule has 0 spiro atoms. The lowest BCUT2D eigenvalue weighted by Crippen LogP contribution is -2.13.